The van der Waals surface area contributed by atoms with Crippen LogP contribution in [0.5, 0.6) is 0 Å². The Morgan fingerprint density at radius 2 is 1.94 bits per heavy atom. The van der Waals surface area contributed by atoms with Crippen LogP contribution in [0.25, 0.3) is 0 Å². The molecule has 1 rings (SSSR count). The standard InChI is InChI=1S/C11H19NO4/c1-2-15-11(14)8-7-10(13)12-16-9-5-3-4-6-9/h9H,2-8H2,1H3,(H,12,13). The summed E-state index contributed by atoms with van der Waals surface area (Å²) in [4.78, 5) is 27.4. The van der Waals surface area contributed by atoms with Crippen molar-refractivity contribution in [1.29, 1.82) is 0 Å². The number of esters is 1. The van der Waals surface area contributed by atoms with Crippen LogP contribution in [0.15, 0.2) is 0 Å². The molecule has 1 aliphatic carbocycles. The minimum Gasteiger partial charge on any atom is -0.466 e. The Kier molecular flexibility index (Phi) is 5.85. The van der Waals surface area contributed by atoms with Crippen molar-refractivity contribution in [2.45, 2.75) is 51.6 Å². The Hall–Kier alpha value is -1.10. The minimum atomic E-state index is -0.349. The van der Waals surface area contributed by atoms with Gasteiger partial charge in [-0.3, -0.25) is 14.4 Å². The van der Waals surface area contributed by atoms with Crippen molar-refractivity contribution in [3.63, 3.8) is 0 Å². The predicted molar refractivity (Wildman–Crippen MR) is 57.4 cm³/mol. The lowest BCUT2D eigenvalue weighted by atomic mass is 10.3. The van der Waals surface area contributed by atoms with Crippen molar-refractivity contribution < 1.29 is 19.2 Å². The SMILES string of the molecule is CCOC(=O)CCC(=O)NOC1CCCC1. The molecule has 0 aromatic carbocycles. The molecule has 1 saturated carbocycles. The van der Waals surface area contributed by atoms with Gasteiger partial charge in [-0.2, -0.15) is 0 Å². The largest absolute Gasteiger partial charge is 0.466 e. The first kappa shape index (κ1) is 13.0. The van der Waals surface area contributed by atoms with Crippen molar-refractivity contribution in [3.05, 3.63) is 0 Å². The summed E-state index contributed by atoms with van der Waals surface area (Å²) < 4.78 is 4.71. The van der Waals surface area contributed by atoms with Crippen molar-refractivity contribution in [2.75, 3.05) is 6.61 Å². The summed E-state index contributed by atoms with van der Waals surface area (Å²) in [5.41, 5.74) is 2.38. The maximum atomic E-state index is 11.3. The Bertz CT molecular complexity index is 236. The van der Waals surface area contributed by atoms with E-state index in [1.165, 1.54) is 0 Å². The third-order valence-corrected chi connectivity index (χ3v) is 2.50. The first-order chi connectivity index (χ1) is 7.72. The number of amides is 1. The first-order valence-electron chi connectivity index (χ1n) is 5.82. The normalized spacial score (nSPS) is 16.1. The highest BCUT2D eigenvalue weighted by atomic mass is 16.7. The van der Waals surface area contributed by atoms with Crippen LogP contribution in [-0.4, -0.2) is 24.6 Å². The molecule has 0 aromatic heterocycles. The van der Waals surface area contributed by atoms with Gasteiger partial charge in [0.2, 0.25) is 5.91 Å². The molecular formula is C11H19NO4. The van der Waals surface area contributed by atoms with Crippen LogP contribution in [0.3, 0.4) is 0 Å². The number of hydrogen-bond acceptors (Lipinski definition) is 4. The zero-order chi connectivity index (χ0) is 11.8. The number of carbonyl (C=O) groups is 2. The molecule has 0 spiro atoms. The van der Waals surface area contributed by atoms with E-state index in [1.807, 2.05) is 0 Å². The van der Waals surface area contributed by atoms with Gasteiger partial charge in [-0.1, -0.05) is 12.8 Å². The summed E-state index contributed by atoms with van der Waals surface area (Å²) in [6.07, 6.45) is 4.67. The Morgan fingerprint density at radius 1 is 1.25 bits per heavy atom. The van der Waals surface area contributed by atoms with E-state index in [9.17, 15) is 9.59 Å². The van der Waals surface area contributed by atoms with Crippen molar-refractivity contribution in [2.24, 2.45) is 0 Å². The van der Waals surface area contributed by atoms with E-state index in [4.69, 9.17) is 9.57 Å². The maximum Gasteiger partial charge on any atom is 0.306 e. The third-order valence-electron chi connectivity index (χ3n) is 2.50. The van der Waals surface area contributed by atoms with E-state index in [0.29, 0.717) is 6.61 Å². The highest BCUT2D eigenvalue weighted by Crippen LogP contribution is 2.19. The molecule has 0 bridgehead atoms. The molecule has 1 amide bonds. The highest BCUT2D eigenvalue weighted by molar-refractivity contribution is 5.80. The quantitative estimate of drug-likeness (QED) is 0.551. The van der Waals surface area contributed by atoms with Gasteiger partial charge in [0.25, 0.3) is 0 Å². The number of carbonyl (C=O) groups excluding carboxylic acids is 2. The second kappa shape index (κ2) is 7.22. The second-order valence-electron chi connectivity index (χ2n) is 3.85. The summed E-state index contributed by atoms with van der Waals surface area (Å²) in [5.74, 6) is -0.613. The molecule has 5 nitrogen and oxygen atoms in total. The van der Waals surface area contributed by atoms with Gasteiger partial charge in [-0.05, 0) is 19.8 Å². The lowest BCUT2D eigenvalue weighted by Crippen LogP contribution is -2.28. The minimum absolute atomic E-state index is 0.105. The fourth-order valence-electron chi connectivity index (χ4n) is 1.66. The van der Waals surface area contributed by atoms with Crippen LogP contribution in [0.2, 0.25) is 0 Å². The Balaban J connectivity index is 2.04. The molecule has 16 heavy (non-hydrogen) atoms. The van der Waals surface area contributed by atoms with Crippen LogP contribution in [0, 0.1) is 0 Å². The average Bonchev–Trinajstić information content (AvgIpc) is 2.77. The van der Waals surface area contributed by atoms with Crippen LogP contribution >= 0.6 is 0 Å². The van der Waals surface area contributed by atoms with Gasteiger partial charge in [0, 0.05) is 6.42 Å². The number of nitrogens with one attached hydrogen (secondary N) is 1. The molecule has 5 heteroatoms. The molecule has 0 aromatic rings. The molecule has 0 heterocycles. The fourth-order valence-corrected chi connectivity index (χ4v) is 1.66. The van der Waals surface area contributed by atoms with Gasteiger partial charge >= 0.3 is 5.97 Å². The monoisotopic (exact) mass is 229 g/mol. The number of hydroxylamine groups is 1. The zero-order valence-electron chi connectivity index (χ0n) is 9.66. The molecule has 0 radical (unpaired) electrons. The molecule has 0 saturated heterocycles. The summed E-state index contributed by atoms with van der Waals surface area (Å²) in [6.45, 7) is 2.08. The van der Waals surface area contributed by atoms with Crippen LogP contribution < -0.4 is 5.48 Å². The number of ether oxygens (including phenoxy) is 1. The van der Waals surface area contributed by atoms with Gasteiger partial charge in [0.15, 0.2) is 0 Å². The van der Waals surface area contributed by atoms with Crippen LogP contribution in [0.1, 0.15) is 45.4 Å². The number of hydrogen-bond donors (Lipinski definition) is 1. The maximum absolute atomic E-state index is 11.3. The topological polar surface area (TPSA) is 64.6 Å². The van der Waals surface area contributed by atoms with E-state index in [1.54, 1.807) is 6.92 Å². The van der Waals surface area contributed by atoms with Crippen molar-refractivity contribution in [1.82, 2.24) is 5.48 Å². The van der Waals surface area contributed by atoms with Gasteiger partial charge in [0.05, 0.1) is 19.1 Å². The van der Waals surface area contributed by atoms with E-state index >= 15 is 0 Å². The lowest BCUT2D eigenvalue weighted by molar-refractivity contribution is -0.147. The van der Waals surface area contributed by atoms with Crippen molar-refractivity contribution >= 4 is 11.9 Å². The molecule has 0 aliphatic heterocycles. The Morgan fingerprint density at radius 3 is 2.56 bits per heavy atom. The smallest absolute Gasteiger partial charge is 0.306 e. The Labute approximate surface area is 95.4 Å². The molecule has 0 unspecified atom stereocenters. The summed E-state index contributed by atoms with van der Waals surface area (Å²) in [6, 6.07) is 0. The van der Waals surface area contributed by atoms with Crippen LogP contribution in [-0.2, 0) is 19.2 Å². The second-order valence-corrected chi connectivity index (χ2v) is 3.85. The lowest BCUT2D eigenvalue weighted by Gasteiger charge is -2.10. The van der Waals surface area contributed by atoms with Crippen LogP contribution in [0.4, 0.5) is 0 Å². The van der Waals surface area contributed by atoms with E-state index in [-0.39, 0.29) is 30.8 Å². The van der Waals surface area contributed by atoms with Gasteiger partial charge in [-0.25, -0.2) is 5.48 Å². The zero-order valence-corrected chi connectivity index (χ0v) is 9.66. The van der Waals surface area contributed by atoms with Gasteiger partial charge in [-0.15, -0.1) is 0 Å². The molecule has 92 valence electrons. The van der Waals surface area contributed by atoms with E-state index in [0.717, 1.165) is 25.7 Å². The summed E-state index contributed by atoms with van der Waals surface area (Å²) in [5, 5.41) is 0. The third kappa shape index (κ3) is 5.11. The van der Waals surface area contributed by atoms with Crippen molar-refractivity contribution in [3.8, 4) is 0 Å². The summed E-state index contributed by atoms with van der Waals surface area (Å²) >= 11 is 0. The average molecular weight is 229 g/mol. The molecule has 0 atom stereocenters. The highest BCUT2D eigenvalue weighted by Gasteiger charge is 2.17. The van der Waals surface area contributed by atoms with E-state index in [2.05, 4.69) is 5.48 Å². The molecule has 1 aliphatic rings. The molecule has 1 N–H and O–H groups in total. The number of rotatable bonds is 6. The fraction of sp³-hybridized carbons (Fsp3) is 0.818. The molecular weight excluding hydrogens is 210 g/mol. The summed E-state index contributed by atoms with van der Waals surface area (Å²) in [7, 11) is 0. The predicted octanol–water partition coefficient (Wildman–Crippen LogP) is 1.32. The van der Waals surface area contributed by atoms with Gasteiger partial charge < -0.3 is 4.74 Å². The molecule has 1 fully saturated rings. The first-order valence-corrected chi connectivity index (χ1v) is 5.82. The van der Waals surface area contributed by atoms with Gasteiger partial charge in [0.1, 0.15) is 0 Å². The van der Waals surface area contributed by atoms with E-state index < -0.39 is 0 Å².